The number of thioether (sulfide) groups is 1. The van der Waals surface area contributed by atoms with E-state index in [0.717, 1.165) is 38.8 Å². The van der Waals surface area contributed by atoms with Gasteiger partial charge in [-0.1, -0.05) is 206 Å². The SMILES string of the molecule is CCCCCCCCCCCCC(=O)C(=O)SCCC[Si](OCC)(OCC)OC(C)N(CCCCCCCCCCCC)CCCCCCCCCCCC. The van der Waals surface area contributed by atoms with Gasteiger partial charge in [0.15, 0.2) is 0 Å². The zero-order valence-corrected chi connectivity index (χ0v) is 39.7. The molecule has 0 spiro atoms. The number of ketones is 1. The van der Waals surface area contributed by atoms with Crippen molar-refractivity contribution < 1.29 is 22.9 Å². The van der Waals surface area contributed by atoms with Crippen LogP contribution in [0.3, 0.4) is 0 Å². The zero-order chi connectivity index (χ0) is 40.5. The van der Waals surface area contributed by atoms with Gasteiger partial charge in [0.1, 0.15) is 6.23 Å². The summed E-state index contributed by atoms with van der Waals surface area (Å²) in [6, 6.07) is 0.663. The van der Waals surface area contributed by atoms with E-state index in [1.807, 2.05) is 13.8 Å². The Kier molecular flexibility index (Phi) is 41.7. The molecule has 0 saturated carbocycles. The van der Waals surface area contributed by atoms with Crippen LogP contribution < -0.4 is 0 Å². The molecule has 328 valence electrons. The second kappa shape index (κ2) is 41.9. The van der Waals surface area contributed by atoms with Crippen LogP contribution in [0, 0.1) is 0 Å². The molecule has 0 fully saturated rings. The van der Waals surface area contributed by atoms with Crippen molar-refractivity contribution in [1.82, 2.24) is 4.90 Å². The minimum Gasteiger partial charge on any atom is -0.374 e. The number of carbonyl (C=O) groups is 2. The van der Waals surface area contributed by atoms with Gasteiger partial charge in [0, 0.05) is 44.5 Å². The minimum atomic E-state index is -2.98. The molecule has 0 radical (unpaired) electrons. The lowest BCUT2D eigenvalue weighted by molar-refractivity contribution is -0.131. The highest BCUT2D eigenvalue weighted by Gasteiger charge is 2.42. The van der Waals surface area contributed by atoms with Gasteiger partial charge in [-0.2, -0.15) is 0 Å². The van der Waals surface area contributed by atoms with Crippen LogP contribution in [0.2, 0.25) is 6.04 Å². The molecule has 1 unspecified atom stereocenters. The average molecular weight is 814 g/mol. The van der Waals surface area contributed by atoms with Crippen molar-refractivity contribution in [1.29, 1.82) is 0 Å². The highest BCUT2D eigenvalue weighted by atomic mass is 32.2. The van der Waals surface area contributed by atoms with E-state index in [9.17, 15) is 9.59 Å². The van der Waals surface area contributed by atoms with E-state index in [2.05, 4.69) is 32.6 Å². The van der Waals surface area contributed by atoms with Crippen molar-refractivity contribution in [3.8, 4) is 0 Å². The number of Topliss-reactive ketones (excluding diaryl/α,β-unsaturated/α-hetero) is 1. The third-order valence-corrected chi connectivity index (χ3v) is 15.1. The first-order valence-corrected chi connectivity index (χ1v) is 27.2. The predicted octanol–water partition coefficient (Wildman–Crippen LogP) is 15.0. The Labute approximate surface area is 349 Å². The van der Waals surface area contributed by atoms with Crippen LogP contribution >= 0.6 is 11.8 Å². The van der Waals surface area contributed by atoms with Gasteiger partial charge in [0.25, 0.3) is 5.12 Å². The van der Waals surface area contributed by atoms with Crippen molar-refractivity contribution in [2.24, 2.45) is 0 Å². The van der Waals surface area contributed by atoms with Crippen LogP contribution in [-0.2, 0) is 22.9 Å². The molecule has 8 heteroatoms. The molecule has 0 saturated heterocycles. The Morgan fingerprint density at radius 2 is 0.836 bits per heavy atom. The maximum absolute atomic E-state index is 12.7. The molecule has 0 rings (SSSR count). The largest absolute Gasteiger partial charge is 0.502 e. The van der Waals surface area contributed by atoms with Crippen LogP contribution in [0.4, 0.5) is 0 Å². The molecule has 0 aliphatic carbocycles. The highest BCUT2D eigenvalue weighted by molar-refractivity contribution is 8.15. The summed E-state index contributed by atoms with van der Waals surface area (Å²) in [5, 5.41) is -0.288. The predicted molar refractivity (Wildman–Crippen MR) is 243 cm³/mol. The quantitative estimate of drug-likeness (QED) is 0.0263. The molecular formula is C47H95NO5SSi. The molecular weight excluding hydrogens is 719 g/mol. The van der Waals surface area contributed by atoms with Gasteiger partial charge in [-0.05, 0) is 46.5 Å². The smallest absolute Gasteiger partial charge is 0.374 e. The van der Waals surface area contributed by atoms with Crippen LogP contribution in [0.1, 0.15) is 247 Å². The number of unbranched alkanes of at least 4 members (excludes halogenated alkanes) is 27. The van der Waals surface area contributed by atoms with E-state index in [1.165, 1.54) is 185 Å². The summed E-state index contributed by atoms with van der Waals surface area (Å²) in [6.45, 7) is 16.2. The molecule has 0 aromatic rings. The third kappa shape index (κ3) is 34.3. The lowest BCUT2D eigenvalue weighted by Gasteiger charge is -2.37. The molecule has 6 nitrogen and oxygen atoms in total. The zero-order valence-electron chi connectivity index (χ0n) is 37.8. The molecule has 0 amide bonds. The first-order valence-electron chi connectivity index (χ1n) is 24.3. The van der Waals surface area contributed by atoms with Crippen molar-refractivity contribution in [2.75, 3.05) is 32.1 Å². The van der Waals surface area contributed by atoms with Crippen LogP contribution in [-0.4, -0.2) is 62.9 Å². The second-order valence-electron chi connectivity index (χ2n) is 16.3. The van der Waals surface area contributed by atoms with Crippen LogP contribution in [0.25, 0.3) is 0 Å². The van der Waals surface area contributed by atoms with Gasteiger partial charge >= 0.3 is 8.80 Å². The van der Waals surface area contributed by atoms with Gasteiger partial charge in [-0.3, -0.25) is 14.5 Å². The molecule has 1 atom stereocenters. The van der Waals surface area contributed by atoms with Crippen LogP contribution in [0.15, 0.2) is 0 Å². The fourth-order valence-electron chi connectivity index (χ4n) is 7.58. The molecule has 0 aromatic heterocycles. The Hall–Kier alpha value is -0.253. The van der Waals surface area contributed by atoms with E-state index in [4.69, 9.17) is 13.3 Å². The maximum atomic E-state index is 12.7. The second-order valence-corrected chi connectivity index (χ2v) is 20.0. The molecule has 0 bridgehead atoms. The van der Waals surface area contributed by atoms with Crippen molar-refractivity contribution in [3.05, 3.63) is 0 Å². The molecule has 0 heterocycles. The van der Waals surface area contributed by atoms with Gasteiger partial charge in [-0.15, -0.1) is 0 Å². The molecule has 0 aliphatic heterocycles. The lowest BCUT2D eigenvalue weighted by atomic mass is 10.1. The number of hydrogen-bond acceptors (Lipinski definition) is 7. The van der Waals surface area contributed by atoms with Gasteiger partial charge in [-0.25, -0.2) is 0 Å². The van der Waals surface area contributed by atoms with Gasteiger partial charge in [0.05, 0.1) is 0 Å². The Morgan fingerprint density at radius 1 is 0.491 bits per heavy atom. The fourth-order valence-corrected chi connectivity index (χ4v) is 11.4. The monoisotopic (exact) mass is 814 g/mol. The summed E-state index contributed by atoms with van der Waals surface area (Å²) < 4.78 is 19.7. The van der Waals surface area contributed by atoms with E-state index in [1.54, 1.807) is 0 Å². The summed E-state index contributed by atoms with van der Waals surface area (Å²) in [6.07, 6.45) is 40.1. The minimum absolute atomic E-state index is 0.0844. The third-order valence-electron chi connectivity index (χ3n) is 11.0. The van der Waals surface area contributed by atoms with Crippen molar-refractivity contribution in [2.45, 2.75) is 259 Å². The Morgan fingerprint density at radius 3 is 1.20 bits per heavy atom. The summed E-state index contributed by atoms with van der Waals surface area (Å²) >= 11 is 1.17. The molecule has 0 aromatic carbocycles. The van der Waals surface area contributed by atoms with Gasteiger partial charge < -0.3 is 13.3 Å². The van der Waals surface area contributed by atoms with Crippen molar-refractivity contribution >= 4 is 31.5 Å². The average Bonchev–Trinajstić information content (AvgIpc) is 3.17. The highest BCUT2D eigenvalue weighted by Crippen LogP contribution is 2.25. The summed E-state index contributed by atoms with van der Waals surface area (Å²) in [5.74, 6) is 0.373. The van der Waals surface area contributed by atoms with Crippen LogP contribution in [0.5, 0.6) is 0 Å². The first kappa shape index (κ1) is 54.7. The standard InChI is InChI=1S/C47H95NO5SSi/c1-7-12-15-18-21-24-27-30-33-36-40-46(49)47(50)54-43-39-44-55(51-10-4,52-11-5)53-45(6)48(41-37-34-31-28-25-22-19-16-13-8-2)42-38-35-32-29-26-23-20-17-14-9-3/h45H,7-44H2,1-6H3. The topological polar surface area (TPSA) is 65.1 Å². The summed E-state index contributed by atoms with van der Waals surface area (Å²) in [4.78, 5) is 27.8. The van der Waals surface area contributed by atoms with E-state index in [-0.39, 0.29) is 17.1 Å². The van der Waals surface area contributed by atoms with Crippen molar-refractivity contribution in [3.63, 3.8) is 0 Å². The van der Waals surface area contributed by atoms with Gasteiger partial charge in [0.2, 0.25) is 5.78 Å². The number of rotatable bonds is 45. The van der Waals surface area contributed by atoms with E-state index >= 15 is 0 Å². The van der Waals surface area contributed by atoms with E-state index < -0.39 is 8.80 Å². The summed E-state index contributed by atoms with van der Waals surface area (Å²) in [5.41, 5.74) is 0. The Bertz CT molecular complexity index is 803. The Balaban J connectivity index is 4.91. The van der Waals surface area contributed by atoms with E-state index in [0.29, 0.717) is 31.4 Å². The number of carbonyl (C=O) groups excluding carboxylic acids is 2. The molecule has 55 heavy (non-hydrogen) atoms. The molecule has 0 aliphatic rings. The number of nitrogens with zero attached hydrogens (tertiary/aromatic N) is 1. The molecule has 0 N–H and O–H groups in total. The maximum Gasteiger partial charge on any atom is 0.502 e. The normalized spacial score (nSPS) is 12.6. The lowest BCUT2D eigenvalue weighted by Crippen LogP contribution is -2.52. The first-order chi connectivity index (χ1) is 26.9. The number of hydrogen-bond donors (Lipinski definition) is 0. The summed E-state index contributed by atoms with van der Waals surface area (Å²) in [7, 11) is -2.98. The fraction of sp³-hybridized carbons (Fsp3) is 0.957.